The van der Waals surface area contributed by atoms with Crippen molar-refractivity contribution < 1.29 is 9.59 Å². The quantitative estimate of drug-likeness (QED) is 0.487. The van der Waals surface area contributed by atoms with Gasteiger partial charge in [-0.15, -0.1) is 11.3 Å². The van der Waals surface area contributed by atoms with Crippen LogP contribution in [0.25, 0.3) is 16.3 Å². The van der Waals surface area contributed by atoms with E-state index in [-0.39, 0.29) is 18.4 Å². The van der Waals surface area contributed by atoms with Gasteiger partial charge in [0.25, 0.3) is 5.91 Å². The lowest BCUT2D eigenvalue weighted by Crippen LogP contribution is -2.36. The zero-order chi connectivity index (χ0) is 19.0. The lowest BCUT2D eigenvalue weighted by Gasteiger charge is -2.13. The number of carbonyl (C=O) groups excluding carboxylic acids is 2. The number of benzene rings is 1. The third-order valence-corrected chi connectivity index (χ3v) is 6.91. The number of thiazole rings is 1. The maximum absolute atomic E-state index is 12.6. The molecule has 136 valence electrons. The first-order valence-corrected chi connectivity index (χ1v) is 10.9. The highest BCUT2D eigenvalue weighted by molar-refractivity contribution is 8.26. The van der Waals surface area contributed by atoms with E-state index in [1.807, 2.05) is 42.6 Å². The van der Waals surface area contributed by atoms with Gasteiger partial charge in [0, 0.05) is 4.88 Å². The van der Waals surface area contributed by atoms with Crippen LogP contribution in [0.3, 0.4) is 0 Å². The van der Waals surface area contributed by atoms with Gasteiger partial charge in [-0.25, -0.2) is 4.98 Å². The molecule has 1 fully saturated rings. The molecule has 0 bridgehead atoms. The summed E-state index contributed by atoms with van der Waals surface area (Å²) in [4.78, 5) is 32.2. The van der Waals surface area contributed by atoms with Gasteiger partial charge in [0.05, 0.1) is 15.1 Å². The number of amides is 2. The maximum Gasteiger partial charge on any atom is 0.266 e. The highest BCUT2D eigenvalue weighted by atomic mass is 32.2. The average Bonchev–Trinajstić information content (AvgIpc) is 3.32. The molecular formula is C18H13N3O2S4. The summed E-state index contributed by atoms with van der Waals surface area (Å²) >= 11 is 9.44. The van der Waals surface area contributed by atoms with E-state index < -0.39 is 0 Å². The van der Waals surface area contributed by atoms with Crippen molar-refractivity contribution >= 4 is 84.2 Å². The summed E-state index contributed by atoms with van der Waals surface area (Å²) in [5.74, 6) is -0.562. The molecule has 1 aliphatic rings. The van der Waals surface area contributed by atoms with Gasteiger partial charge in [0.1, 0.15) is 10.9 Å². The van der Waals surface area contributed by atoms with E-state index >= 15 is 0 Å². The molecule has 0 radical (unpaired) electrons. The molecule has 9 heteroatoms. The van der Waals surface area contributed by atoms with Gasteiger partial charge < -0.3 is 5.32 Å². The summed E-state index contributed by atoms with van der Waals surface area (Å²) in [5, 5.41) is 5.23. The summed E-state index contributed by atoms with van der Waals surface area (Å²) in [6.07, 6.45) is 1.80. The predicted molar refractivity (Wildman–Crippen MR) is 117 cm³/mol. The molecule has 4 rings (SSSR count). The van der Waals surface area contributed by atoms with Crippen molar-refractivity contribution in [3.8, 4) is 0 Å². The van der Waals surface area contributed by atoms with E-state index in [2.05, 4.69) is 10.3 Å². The molecule has 0 unspecified atom stereocenters. The molecule has 27 heavy (non-hydrogen) atoms. The van der Waals surface area contributed by atoms with E-state index in [1.54, 1.807) is 17.4 Å². The minimum atomic E-state index is -0.320. The van der Waals surface area contributed by atoms with Crippen LogP contribution in [0.1, 0.15) is 10.4 Å². The Kier molecular flexibility index (Phi) is 5.09. The fraction of sp³-hybridized carbons (Fsp3) is 0.111. The van der Waals surface area contributed by atoms with Gasteiger partial charge in [0.15, 0.2) is 5.13 Å². The molecule has 2 amide bonds. The summed E-state index contributed by atoms with van der Waals surface area (Å²) in [7, 11) is 0. The van der Waals surface area contributed by atoms with Gasteiger partial charge in [-0.1, -0.05) is 47.4 Å². The van der Waals surface area contributed by atoms with Crippen LogP contribution >= 0.6 is 46.7 Å². The number of nitrogens with one attached hydrogen (secondary N) is 1. The smallest absolute Gasteiger partial charge is 0.266 e. The zero-order valence-corrected chi connectivity index (χ0v) is 17.4. The number of thioether (sulfide) groups is 1. The number of rotatable bonds is 4. The minimum absolute atomic E-state index is 0.124. The first-order valence-electron chi connectivity index (χ1n) is 7.95. The van der Waals surface area contributed by atoms with Crippen molar-refractivity contribution in [1.29, 1.82) is 0 Å². The number of thiocarbonyl (C=S) groups is 1. The van der Waals surface area contributed by atoms with Crippen molar-refractivity contribution in [2.75, 3.05) is 11.9 Å². The van der Waals surface area contributed by atoms with E-state index in [4.69, 9.17) is 12.2 Å². The van der Waals surface area contributed by atoms with Gasteiger partial charge in [0.2, 0.25) is 5.91 Å². The normalized spacial score (nSPS) is 15.9. The summed E-state index contributed by atoms with van der Waals surface area (Å²) in [5.41, 5.74) is 1.98. The molecule has 0 aliphatic carbocycles. The minimum Gasteiger partial charge on any atom is -0.300 e. The average molecular weight is 432 g/mol. The van der Waals surface area contributed by atoms with Crippen molar-refractivity contribution in [3.05, 3.63) is 51.1 Å². The van der Waals surface area contributed by atoms with Crippen molar-refractivity contribution in [2.45, 2.75) is 6.92 Å². The van der Waals surface area contributed by atoms with Crippen LogP contribution in [-0.4, -0.2) is 32.6 Å². The molecule has 1 N–H and O–H groups in total. The molecule has 0 spiro atoms. The second-order valence-corrected chi connectivity index (χ2v) is 9.51. The molecule has 3 heterocycles. The zero-order valence-electron chi connectivity index (χ0n) is 14.1. The van der Waals surface area contributed by atoms with E-state index in [1.165, 1.54) is 28.0 Å². The third kappa shape index (κ3) is 3.96. The van der Waals surface area contributed by atoms with Crippen LogP contribution in [0, 0.1) is 6.92 Å². The molecule has 3 aromatic rings. The number of aryl methyl sites for hydroxylation is 1. The number of nitrogens with zero attached hydrogens (tertiary/aromatic N) is 2. The number of aromatic nitrogens is 1. The Balaban J connectivity index is 1.45. The van der Waals surface area contributed by atoms with Crippen molar-refractivity contribution in [3.63, 3.8) is 0 Å². The Labute approximate surface area is 173 Å². The molecule has 5 nitrogen and oxygen atoms in total. The third-order valence-electron chi connectivity index (χ3n) is 3.78. The van der Waals surface area contributed by atoms with E-state index in [0.717, 1.165) is 20.7 Å². The van der Waals surface area contributed by atoms with E-state index in [9.17, 15) is 9.59 Å². The Hall–Kier alpha value is -2.07. The van der Waals surface area contributed by atoms with Crippen molar-refractivity contribution in [2.24, 2.45) is 0 Å². The van der Waals surface area contributed by atoms with Crippen LogP contribution < -0.4 is 5.32 Å². The first kappa shape index (κ1) is 18.3. The molecule has 1 aromatic carbocycles. The van der Waals surface area contributed by atoms with Gasteiger partial charge in [-0.05, 0) is 42.1 Å². The lowest BCUT2D eigenvalue weighted by atomic mass is 10.2. The molecular weight excluding hydrogens is 418 g/mol. The number of carbonyl (C=O) groups is 2. The number of fused-ring (bicyclic) bond motifs is 1. The number of anilines is 1. The second-order valence-electron chi connectivity index (χ2n) is 5.82. The first-order chi connectivity index (χ1) is 13.0. The fourth-order valence-corrected chi connectivity index (χ4v) is 5.48. The molecule has 0 saturated carbocycles. The molecule has 2 aromatic heterocycles. The van der Waals surface area contributed by atoms with Gasteiger partial charge >= 0.3 is 0 Å². The Morgan fingerprint density at radius 3 is 3.00 bits per heavy atom. The molecule has 1 aliphatic heterocycles. The number of thiophene rings is 1. The number of hydrogen-bond acceptors (Lipinski definition) is 7. The second kappa shape index (κ2) is 7.51. The van der Waals surface area contributed by atoms with Crippen LogP contribution in [-0.2, 0) is 9.59 Å². The predicted octanol–water partition coefficient (Wildman–Crippen LogP) is 4.51. The maximum atomic E-state index is 12.6. The summed E-state index contributed by atoms with van der Waals surface area (Å²) in [6, 6.07) is 9.78. The van der Waals surface area contributed by atoms with Gasteiger partial charge in [-0.3, -0.25) is 14.5 Å². The van der Waals surface area contributed by atoms with Gasteiger partial charge in [-0.2, -0.15) is 0 Å². The Bertz CT molecular complexity index is 1090. The van der Waals surface area contributed by atoms with Crippen LogP contribution in [0.15, 0.2) is 40.6 Å². The standard InChI is InChI=1S/C18H13N3O2S4/c1-10-4-5-12-13(7-10)26-17(19-12)20-15(22)9-21-16(23)14(27-18(21)24)8-11-3-2-6-25-11/h2-8H,9H2,1H3,(H,19,20,22)/b14-8-. The lowest BCUT2D eigenvalue weighted by molar-refractivity contribution is -0.126. The van der Waals surface area contributed by atoms with Crippen molar-refractivity contribution in [1.82, 2.24) is 9.88 Å². The summed E-state index contributed by atoms with van der Waals surface area (Å²) < 4.78 is 1.40. The summed E-state index contributed by atoms with van der Waals surface area (Å²) in [6.45, 7) is 1.89. The SMILES string of the molecule is Cc1ccc2nc(NC(=O)CN3C(=O)/C(=C/c4cccs4)SC3=S)sc2c1. The van der Waals surface area contributed by atoms with Crippen LogP contribution in [0.5, 0.6) is 0 Å². The molecule has 1 saturated heterocycles. The van der Waals surface area contributed by atoms with Crippen LogP contribution in [0.4, 0.5) is 5.13 Å². The Morgan fingerprint density at radius 2 is 2.22 bits per heavy atom. The Morgan fingerprint density at radius 1 is 1.37 bits per heavy atom. The highest BCUT2D eigenvalue weighted by Crippen LogP contribution is 2.33. The largest absolute Gasteiger partial charge is 0.300 e. The highest BCUT2D eigenvalue weighted by Gasteiger charge is 2.33. The van der Waals surface area contributed by atoms with E-state index in [0.29, 0.717) is 14.4 Å². The topological polar surface area (TPSA) is 62.3 Å². The molecule has 0 atom stereocenters. The fourth-order valence-electron chi connectivity index (χ4n) is 2.53. The number of hydrogen-bond donors (Lipinski definition) is 1. The van der Waals surface area contributed by atoms with Crippen LogP contribution in [0.2, 0.25) is 0 Å². The monoisotopic (exact) mass is 431 g/mol.